The average Bonchev–Trinajstić information content (AvgIpc) is 2.38. The molecule has 0 saturated heterocycles. The fourth-order valence-corrected chi connectivity index (χ4v) is 2.01. The van der Waals surface area contributed by atoms with Crippen molar-refractivity contribution in [3.05, 3.63) is 24.3 Å². The maximum atomic E-state index is 12.8. The number of ether oxygens (including phenoxy) is 1. The summed E-state index contributed by atoms with van der Waals surface area (Å²) in [4.78, 5) is 0. The van der Waals surface area contributed by atoms with Gasteiger partial charge in [0.05, 0.1) is 12.5 Å². The van der Waals surface area contributed by atoms with E-state index >= 15 is 0 Å². The van der Waals surface area contributed by atoms with Crippen LogP contribution in [-0.4, -0.2) is 17.9 Å². The van der Waals surface area contributed by atoms with Crippen molar-refractivity contribution in [2.75, 3.05) is 6.61 Å². The first-order valence-corrected chi connectivity index (χ1v) is 6.92. The topological polar surface area (TPSA) is 29.5 Å². The zero-order chi connectivity index (χ0) is 15.0. The molecule has 0 fully saturated rings. The summed E-state index contributed by atoms with van der Waals surface area (Å²) in [6.07, 6.45) is -2.22. The van der Waals surface area contributed by atoms with Gasteiger partial charge in [-0.3, -0.25) is 0 Å². The van der Waals surface area contributed by atoms with Crippen LogP contribution in [0.25, 0.3) is 0 Å². The minimum atomic E-state index is -4.13. The summed E-state index contributed by atoms with van der Waals surface area (Å²) < 4.78 is 43.6. The molecule has 0 radical (unpaired) electrons. The number of rotatable bonds is 8. The van der Waals surface area contributed by atoms with Crippen molar-refractivity contribution in [3.63, 3.8) is 0 Å². The highest BCUT2D eigenvalue weighted by Gasteiger charge is 2.38. The van der Waals surface area contributed by atoms with E-state index in [1.54, 1.807) is 18.2 Å². The second-order valence-corrected chi connectivity index (χ2v) is 4.84. The number of hydrogen-bond donors (Lipinski definition) is 1. The lowest BCUT2D eigenvalue weighted by Gasteiger charge is -2.20. The molecular weight excluding hydrogens is 269 g/mol. The van der Waals surface area contributed by atoms with Gasteiger partial charge < -0.3 is 9.84 Å². The lowest BCUT2D eigenvalue weighted by atomic mass is 9.96. The van der Waals surface area contributed by atoms with E-state index in [4.69, 9.17) is 4.74 Å². The molecule has 1 aromatic rings. The molecule has 1 atom stereocenters. The zero-order valence-electron chi connectivity index (χ0n) is 11.6. The van der Waals surface area contributed by atoms with Crippen LogP contribution in [0.5, 0.6) is 11.5 Å². The van der Waals surface area contributed by atoms with Gasteiger partial charge in [0, 0.05) is 0 Å². The molecule has 0 aliphatic heterocycles. The highest BCUT2D eigenvalue weighted by atomic mass is 19.4. The zero-order valence-corrected chi connectivity index (χ0v) is 11.6. The highest BCUT2D eigenvalue weighted by Crippen LogP contribution is 2.34. The molecule has 0 bridgehead atoms. The number of hydrogen-bond acceptors (Lipinski definition) is 2. The molecule has 1 aromatic carbocycles. The minimum absolute atomic E-state index is 0.00542. The second kappa shape index (κ2) is 8.02. The number of aromatic hydroxyl groups is 1. The predicted octanol–water partition coefficient (Wildman–Crippen LogP) is 4.92. The van der Waals surface area contributed by atoms with Crippen LogP contribution in [0.3, 0.4) is 0 Å². The third-order valence-electron chi connectivity index (χ3n) is 3.19. The first-order chi connectivity index (χ1) is 9.45. The molecule has 0 amide bonds. The van der Waals surface area contributed by atoms with Crippen LogP contribution in [-0.2, 0) is 0 Å². The minimum Gasteiger partial charge on any atom is -0.504 e. The van der Waals surface area contributed by atoms with Crippen LogP contribution < -0.4 is 4.74 Å². The van der Waals surface area contributed by atoms with Crippen LogP contribution in [0.4, 0.5) is 13.2 Å². The SMILES string of the molecule is CCCCC(CCCOc1ccccc1O)C(F)(F)F. The Morgan fingerprint density at radius 2 is 1.80 bits per heavy atom. The Hall–Kier alpha value is -1.39. The van der Waals surface area contributed by atoms with Crippen molar-refractivity contribution < 1.29 is 23.0 Å². The number of unbranched alkanes of at least 4 members (excludes halogenated alkanes) is 1. The van der Waals surface area contributed by atoms with E-state index in [-0.39, 0.29) is 25.2 Å². The summed E-state index contributed by atoms with van der Waals surface area (Å²) in [5.74, 6) is -0.939. The number of halogens is 3. The van der Waals surface area contributed by atoms with E-state index in [9.17, 15) is 18.3 Å². The first kappa shape index (κ1) is 16.7. The van der Waals surface area contributed by atoms with Crippen LogP contribution >= 0.6 is 0 Å². The van der Waals surface area contributed by atoms with Crippen LogP contribution in [0.1, 0.15) is 39.0 Å². The van der Waals surface area contributed by atoms with Gasteiger partial charge in [-0.25, -0.2) is 0 Å². The molecule has 0 heterocycles. The molecule has 20 heavy (non-hydrogen) atoms. The van der Waals surface area contributed by atoms with E-state index in [1.807, 2.05) is 6.92 Å². The Morgan fingerprint density at radius 3 is 2.40 bits per heavy atom. The third kappa shape index (κ3) is 5.72. The van der Waals surface area contributed by atoms with Gasteiger partial charge in [0.2, 0.25) is 0 Å². The summed E-state index contributed by atoms with van der Waals surface area (Å²) in [6, 6.07) is 6.43. The number of phenolic OH excluding ortho intramolecular Hbond substituents is 1. The van der Waals surface area contributed by atoms with Gasteiger partial charge in [-0.1, -0.05) is 31.9 Å². The Labute approximate surface area is 117 Å². The smallest absolute Gasteiger partial charge is 0.391 e. The highest BCUT2D eigenvalue weighted by molar-refractivity contribution is 5.37. The molecule has 0 spiro atoms. The molecular formula is C15H21F3O2. The lowest BCUT2D eigenvalue weighted by molar-refractivity contribution is -0.178. The summed E-state index contributed by atoms with van der Waals surface area (Å²) in [5, 5.41) is 9.46. The first-order valence-electron chi connectivity index (χ1n) is 6.92. The molecule has 0 saturated carbocycles. The molecule has 1 unspecified atom stereocenters. The molecule has 5 heteroatoms. The van der Waals surface area contributed by atoms with Crippen molar-refractivity contribution in [2.45, 2.75) is 45.2 Å². The van der Waals surface area contributed by atoms with E-state index in [0.717, 1.165) is 6.42 Å². The maximum Gasteiger partial charge on any atom is 0.391 e. The molecule has 2 nitrogen and oxygen atoms in total. The largest absolute Gasteiger partial charge is 0.504 e. The van der Waals surface area contributed by atoms with Gasteiger partial charge in [-0.15, -0.1) is 0 Å². The van der Waals surface area contributed by atoms with Gasteiger partial charge in [-0.05, 0) is 31.4 Å². The number of phenols is 1. The van der Waals surface area contributed by atoms with E-state index in [2.05, 4.69) is 0 Å². The van der Waals surface area contributed by atoms with Gasteiger partial charge >= 0.3 is 6.18 Å². The van der Waals surface area contributed by atoms with Crippen molar-refractivity contribution in [1.29, 1.82) is 0 Å². The summed E-state index contributed by atoms with van der Waals surface area (Å²) >= 11 is 0. The normalized spacial score (nSPS) is 13.2. The fourth-order valence-electron chi connectivity index (χ4n) is 2.01. The molecule has 0 aliphatic carbocycles. The summed E-state index contributed by atoms with van der Waals surface area (Å²) in [7, 11) is 0. The molecule has 1 rings (SSSR count). The summed E-state index contributed by atoms with van der Waals surface area (Å²) in [5.41, 5.74) is 0. The Kier molecular flexibility index (Phi) is 6.68. The van der Waals surface area contributed by atoms with Gasteiger partial charge in [0.15, 0.2) is 11.5 Å². The van der Waals surface area contributed by atoms with Gasteiger partial charge in [0.25, 0.3) is 0 Å². The van der Waals surface area contributed by atoms with Gasteiger partial charge in [0.1, 0.15) is 0 Å². The Morgan fingerprint density at radius 1 is 1.15 bits per heavy atom. The molecule has 114 valence electrons. The summed E-state index contributed by atoms with van der Waals surface area (Å²) in [6.45, 7) is 2.06. The van der Waals surface area contributed by atoms with Crippen molar-refractivity contribution in [2.24, 2.45) is 5.92 Å². The average molecular weight is 290 g/mol. The maximum absolute atomic E-state index is 12.8. The predicted molar refractivity (Wildman–Crippen MR) is 71.9 cm³/mol. The Balaban J connectivity index is 2.35. The fraction of sp³-hybridized carbons (Fsp3) is 0.600. The number of alkyl halides is 3. The van der Waals surface area contributed by atoms with Crippen LogP contribution in [0, 0.1) is 5.92 Å². The molecule has 0 aromatic heterocycles. The van der Waals surface area contributed by atoms with Crippen molar-refractivity contribution in [3.8, 4) is 11.5 Å². The third-order valence-corrected chi connectivity index (χ3v) is 3.19. The van der Waals surface area contributed by atoms with Crippen LogP contribution in [0.15, 0.2) is 24.3 Å². The van der Waals surface area contributed by atoms with Gasteiger partial charge in [-0.2, -0.15) is 13.2 Å². The quantitative estimate of drug-likeness (QED) is 0.689. The standard InChI is InChI=1S/C15H21F3O2/c1-2-3-7-12(15(16,17)18)8-6-11-20-14-10-5-4-9-13(14)19/h4-5,9-10,12,19H,2-3,6-8,11H2,1H3. The van der Waals surface area contributed by atoms with E-state index < -0.39 is 12.1 Å². The number of benzene rings is 1. The lowest BCUT2D eigenvalue weighted by Crippen LogP contribution is -2.23. The second-order valence-electron chi connectivity index (χ2n) is 4.84. The number of para-hydroxylation sites is 2. The van der Waals surface area contributed by atoms with Crippen molar-refractivity contribution >= 4 is 0 Å². The molecule has 1 N–H and O–H groups in total. The van der Waals surface area contributed by atoms with E-state index in [0.29, 0.717) is 18.6 Å². The monoisotopic (exact) mass is 290 g/mol. The van der Waals surface area contributed by atoms with Crippen LogP contribution in [0.2, 0.25) is 0 Å². The van der Waals surface area contributed by atoms with Crippen molar-refractivity contribution in [1.82, 2.24) is 0 Å². The Bertz CT molecular complexity index is 391. The molecule has 0 aliphatic rings. The van der Waals surface area contributed by atoms with E-state index in [1.165, 1.54) is 6.07 Å².